The highest BCUT2D eigenvalue weighted by Gasteiger charge is 2.43. The number of allylic oxidation sites excluding steroid dienone is 4. The molecule has 0 saturated carbocycles. The summed E-state index contributed by atoms with van der Waals surface area (Å²) in [5, 5.41) is 0. The summed E-state index contributed by atoms with van der Waals surface area (Å²) < 4.78 is 5.04. The average molecular weight is 447 g/mol. The van der Waals surface area contributed by atoms with Gasteiger partial charge < -0.3 is 4.74 Å². The molecule has 0 spiro atoms. The van der Waals surface area contributed by atoms with E-state index in [4.69, 9.17) is 4.74 Å². The predicted octanol–water partition coefficient (Wildman–Crippen LogP) is 5.89. The molecule has 0 saturated heterocycles. The Morgan fingerprint density at radius 3 is 2.00 bits per heavy atom. The van der Waals surface area contributed by atoms with Gasteiger partial charge in [-0.1, -0.05) is 103 Å². The van der Waals surface area contributed by atoms with Crippen molar-refractivity contribution in [3.8, 4) is 23.0 Å². The summed E-state index contributed by atoms with van der Waals surface area (Å²) in [7, 11) is 1.34. The molecular formula is C31H26O3. The fourth-order valence-electron chi connectivity index (χ4n) is 4.91. The van der Waals surface area contributed by atoms with Crippen LogP contribution in [-0.4, -0.2) is 18.9 Å². The van der Waals surface area contributed by atoms with Gasteiger partial charge in [-0.15, -0.1) is 0 Å². The lowest BCUT2D eigenvalue weighted by Gasteiger charge is -2.27. The molecule has 0 fully saturated rings. The average Bonchev–Trinajstić information content (AvgIpc) is 3.16. The molecule has 3 nitrogen and oxygen atoms in total. The Morgan fingerprint density at radius 1 is 0.882 bits per heavy atom. The first-order valence-corrected chi connectivity index (χ1v) is 11.3. The van der Waals surface area contributed by atoms with Crippen LogP contribution in [0.4, 0.5) is 0 Å². The van der Waals surface area contributed by atoms with Gasteiger partial charge >= 0.3 is 5.97 Å². The summed E-state index contributed by atoms with van der Waals surface area (Å²) in [5.41, 5.74) is 6.26. The summed E-state index contributed by atoms with van der Waals surface area (Å²) in [4.78, 5) is 25.5. The van der Waals surface area contributed by atoms with Gasteiger partial charge in [0.15, 0.2) is 5.78 Å². The molecule has 2 aliphatic rings. The Balaban J connectivity index is 0.00000289. The Morgan fingerprint density at radius 2 is 1.47 bits per heavy atom. The molecule has 3 aromatic rings. The number of hydrogen-bond donors (Lipinski definition) is 0. The minimum Gasteiger partial charge on any atom is -0.468 e. The molecule has 0 amide bonds. The van der Waals surface area contributed by atoms with Crippen molar-refractivity contribution in [1.29, 1.82) is 0 Å². The third kappa shape index (κ3) is 3.40. The number of methoxy groups -OCH3 is 1. The van der Waals surface area contributed by atoms with Crippen LogP contribution in [-0.2, 0) is 19.7 Å². The zero-order valence-corrected chi connectivity index (χ0v) is 19.2. The van der Waals surface area contributed by atoms with Gasteiger partial charge in [-0.3, -0.25) is 9.59 Å². The largest absolute Gasteiger partial charge is 0.468 e. The minimum absolute atomic E-state index is 0. The SMILES string of the molecule is COC(=O)C(C#CC1(c2ccccc2)c2ccccc2-c2ccccc21)CC(=O)C1=C(C)C=C1.[HH]. The molecule has 0 N–H and O–H groups in total. The number of hydrogen-bond acceptors (Lipinski definition) is 3. The quantitative estimate of drug-likeness (QED) is 0.363. The second-order valence-electron chi connectivity index (χ2n) is 8.61. The van der Waals surface area contributed by atoms with E-state index < -0.39 is 17.3 Å². The summed E-state index contributed by atoms with van der Waals surface area (Å²) >= 11 is 0. The highest BCUT2D eigenvalue weighted by molar-refractivity contribution is 6.03. The lowest BCUT2D eigenvalue weighted by atomic mass is 9.72. The number of carbonyl (C=O) groups excluding carboxylic acids is 2. The smallest absolute Gasteiger partial charge is 0.321 e. The predicted molar refractivity (Wildman–Crippen MR) is 135 cm³/mol. The van der Waals surface area contributed by atoms with E-state index in [0.717, 1.165) is 33.4 Å². The molecule has 0 aliphatic heterocycles. The van der Waals surface area contributed by atoms with Crippen molar-refractivity contribution in [2.75, 3.05) is 7.11 Å². The maximum Gasteiger partial charge on any atom is 0.321 e. The van der Waals surface area contributed by atoms with Gasteiger partial charge in [-0.05, 0) is 40.3 Å². The Labute approximate surface area is 201 Å². The lowest BCUT2D eigenvalue weighted by Crippen LogP contribution is -2.26. The second-order valence-corrected chi connectivity index (χ2v) is 8.61. The van der Waals surface area contributed by atoms with Crippen LogP contribution in [0.2, 0.25) is 0 Å². The van der Waals surface area contributed by atoms with Crippen LogP contribution in [0.15, 0.2) is 102 Å². The minimum atomic E-state index is -0.854. The first-order chi connectivity index (χ1) is 16.6. The standard InChI is InChI=1S/C31H24O3.H2/c1-21-16-17-24(21)29(32)20-22(30(33)34-2)18-19-31(23-10-4-3-5-11-23)27-14-8-6-12-25(27)26-13-7-9-15-28(26)31;/h3-17,22H,20H2,1-2H3;1H. The van der Waals surface area contributed by atoms with Gasteiger partial charge in [-0.25, -0.2) is 0 Å². The summed E-state index contributed by atoms with van der Waals surface area (Å²) in [6, 6.07) is 26.6. The molecule has 0 aromatic heterocycles. The van der Waals surface area contributed by atoms with Crippen LogP contribution in [0.3, 0.4) is 0 Å². The second kappa shape index (κ2) is 8.65. The number of fused-ring (bicyclic) bond motifs is 3. The first kappa shape index (κ1) is 21.7. The normalized spacial score (nSPS) is 15.4. The number of benzene rings is 3. The summed E-state index contributed by atoms with van der Waals surface area (Å²) in [5.74, 6) is 5.24. The van der Waals surface area contributed by atoms with Crippen molar-refractivity contribution in [2.45, 2.75) is 18.8 Å². The van der Waals surface area contributed by atoms with Crippen LogP contribution in [0.1, 0.15) is 31.5 Å². The van der Waals surface area contributed by atoms with Crippen LogP contribution in [0.25, 0.3) is 11.1 Å². The fraction of sp³-hybridized carbons (Fsp3) is 0.161. The van der Waals surface area contributed by atoms with E-state index in [9.17, 15) is 9.59 Å². The van der Waals surface area contributed by atoms with Crippen LogP contribution in [0.5, 0.6) is 0 Å². The first-order valence-electron chi connectivity index (χ1n) is 11.3. The number of Topliss-reactive ketones (excluding diaryl/α,β-unsaturated/α-hetero) is 1. The molecule has 3 aromatic carbocycles. The lowest BCUT2D eigenvalue weighted by molar-refractivity contribution is -0.144. The van der Waals surface area contributed by atoms with Crippen molar-refractivity contribution < 1.29 is 15.8 Å². The van der Waals surface area contributed by atoms with Gasteiger partial charge in [-0.2, -0.15) is 0 Å². The number of rotatable bonds is 5. The van der Waals surface area contributed by atoms with Gasteiger partial charge in [0.05, 0.1) is 7.11 Å². The number of ether oxygens (including phenoxy) is 1. The Kier molecular flexibility index (Phi) is 5.51. The molecule has 34 heavy (non-hydrogen) atoms. The molecule has 168 valence electrons. The summed E-state index contributed by atoms with van der Waals surface area (Å²) in [6.45, 7) is 1.89. The maximum absolute atomic E-state index is 12.8. The number of carbonyl (C=O) groups is 2. The van der Waals surface area contributed by atoms with E-state index in [-0.39, 0.29) is 13.6 Å². The van der Waals surface area contributed by atoms with Gasteiger partial charge in [0.1, 0.15) is 11.3 Å². The molecule has 1 unspecified atom stereocenters. The summed E-state index contributed by atoms with van der Waals surface area (Å²) in [6.07, 6.45) is 3.67. The van der Waals surface area contributed by atoms with E-state index in [1.807, 2.05) is 55.5 Å². The van der Waals surface area contributed by atoms with Gasteiger partial charge in [0, 0.05) is 13.4 Å². The van der Waals surface area contributed by atoms with Crippen molar-refractivity contribution in [2.24, 2.45) is 5.92 Å². The van der Waals surface area contributed by atoms with Crippen molar-refractivity contribution in [3.05, 3.63) is 119 Å². The third-order valence-electron chi connectivity index (χ3n) is 6.69. The molecule has 0 radical (unpaired) electrons. The van der Waals surface area contributed by atoms with E-state index >= 15 is 0 Å². The monoisotopic (exact) mass is 446 g/mol. The molecular weight excluding hydrogens is 420 g/mol. The van der Waals surface area contributed by atoms with Crippen molar-refractivity contribution in [3.63, 3.8) is 0 Å². The molecule has 0 bridgehead atoms. The van der Waals surface area contributed by atoms with Gasteiger partial charge in [0.25, 0.3) is 0 Å². The van der Waals surface area contributed by atoms with Crippen LogP contribution < -0.4 is 0 Å². The van der Waals surface area contributed by atoms with E-state index in [0.29, 0.717) is 5.57 Å². The highest BCUT2D eigenvalue weighted by Crippen LogP contribution is 2.52. The van der Waals surface area contributed by atoms with Crippen molar-refractivity contribution >= 4 is 11.8 Å². The molecule has 3 heteroatoms. The fourth-order valence-corrected chi connectivity index (χ4v) is 4.91. The molecule has 2 aliphatic carbocycles. The maximum atomic E-state index is 12.8. The van der Waals surface area contributed by atoms with E-state index in [1.165, 1.54) is 7.11 Å². The van der Waals surface area contributed by atoms with E-state index in [1.54, 1.807) is 6.08 Å². The van der Waals surface area contributed by atoms with Crippen LogP contribution >= 0.6 is 0 Å². The number of esters is 1. The third-order valence-corrected chi connectivity index (χ3v) is 6.69. The zero-order valence-electron chi connectivity index (χ0n) is 19.2. The van der Waals surface area contributed by atoms with Gasteiger partial charge in [0.2, 0.25) is 0 Å². The Hall–Kier alpha value is -4.16. The Bertz CT molecular complexity index is 1370. The molecule has 5 rings (SSSR count). The molecule has 1 atom stereocenters. The molecule has 0 heterocycles. The highest BCUT2D eigenvalue weighted by atomic mass is 16.5. The topological polar surface area (TPSA) is 43.4 Å². The van der Waals surface area contributed by atoms with Crippen LogP contribution in [0, 0.1) is 17.8 Å². The zero-order chi connectivity index (χ0) is 23.7. The van der Waals surface area contributed by atoms with E-state index in [2.05, 4.69) is 48.2 Å². The number of ketones is 1. The van der Waals surface area contributed by atoms with Crippen molar-refractivity contribution in [1.82, 2.24) is 0 Å².